The summed E-state index contributed by atoms with van der Waals surface area (Å²) in [7, 11) is 0. The summed E-state index contributed by atoms with van der Waals surface area (Å²) in [6, 6.07) is 0. The Morgan fingerprint density at radius 2 is 1.87 bits per heavy atom. The number of alkyl halides is 1. The Morgan fingerprint density at radius 3 is 2.53 bits per heavy atom. The lowest BCUT2D eigenvalue weighted by Gasteiger charge is -2.31. The van der Waals surface area contributed by atoms with E-state index >= 15 is 0 Å². The predicted octanol–water partition coefficient (Wildman–Crippen LogP) is 4.39. The molecule has 0 N–H and O–H groups in total. The second kappa shape index (κ2) is 7.67. The average Bonchev–Trinajstić information content (AvgIpc) is 2.23. The lowest BCUT2D eigenvalue weighted by molar-refractivity contribution is 0.00114. The van der Waals surface area contributed by atoms with Gasteiger partial charge in [0.1, 0.15) is 0 Å². The van der Waals surface area contributed by atoms with E-state index in [9.17, 15) is 0 Å². The quantitative estimate of drug-likeness (QED) is 0.516. The van der Waals surface area contributed by atoms with Gasteiger partial charge in [-0.1, -0.05) is 36.2 Å². The third kappa shape index (κ3) is 5.35. The summed E-state index contributed by atoms with van der Waals surface area (Å²) in [6.07, 6.45) is 8.27. The van der Waals surface area contributed by atoms with Gasteiger partial charge in [-0.25, -0.2) is 0 Å². The van der Waals surface area contributed by atoms with Gasteiger partial charge in [-0.05, 0) is 43.9 Å². The largest absolute Gasteiger partial charge is 0.378 e. The first kappa shape index (κ1) is 13.5. The average molecular weight is 277 g/mol. The van der Waals surface area contributed by atoms with Crippen molar-refractivity contribution in [1.82, 2.24) is 0 Å². The van der Waals surface area contributed by atoms with Gasteiger partial charge in [0.25, 0.3) is 0 Å². The minimum atomic E-state index is 0.556. The molecule has 15 heavy (non-hydrogen) atoms. The molecule has 0 heterocycles. The van der Waals surface area contributed by atoms with E-state index < -0.39 is 0 Å². The molecule has 0 radical (unpaired) electrons. The highest BCUT2D eigenvalue weighted by Crippen LogP contribution is 2.30. The molecule has 1 aliphatic rings. The normalized spacial score (nSPS) is 31.8. The molecule has 1 saturated carbocycles. The molecule has 1 nitrogen and oxygen atoms in total. The molecular formula is C13H25BrO. The molecule has 0 aromatic carbocycles. The zero-order chi connectivity index (χ0) is 11.1. The van der Waals surface area contributed by atoms with Crippen LogP contribution in [0.25, 0.3) is 0 Å². The van der Waals surface area contributed by atoms with E-state index in [1.54, 1.807) is 0 Å². The van der Waals surface area contributed by atoms with Gasteiger partial charge in [-0.3, -0.25) is 0 Å². The number of ether oxygens (including phenoxy) is 1. The van der Waals surface area contributed by atoms with Crippen LogP contribution in [0.3, 0.4) is 0 Å². The number of unbranched alkanes of at least 4 members (excludes halogenated alkanes) is 2. The highest BCUT2D eigenvalue weighted by Gasteiger charge is 2.24. The second-order valence-corrected chi connectivity index (χ2v) is 5.80. The van der Waals surface area contributed by atoms with Crippen molar-refractivity contribution in [2.24, 2.45) is 11.8 Å². The zero-order valence-electron chi connectivity index (χ0n) is 10.2. The topological polar surface area (TPSA) is 9.23 Å². The first-order chi connectivity index (χ1) is 7.24. The molecule has 3 atom stereocenters. The van der Waals surface area contributed by atoms with E-state index in [4.69, 9.17) is 4.74 Å². The van der Waals surface area contributed by atoms with Crippen LogP contribution in [0.5, 0.6) is 0 Å². The summed E-state index contributed by atoms with van der Waals surface area (Å²) < 4.78 is 5.93. The van der Waals surface area contributed by atoms with Crippen molar-refractivity contribution < 1.29 is 4.74 Å². The molecule has 0 aliphatic heterocycles. The molecule has 2 heteroatoms. The van der Waals surface area contributed by atoms with Crippen molar-refractivity contribution in [3.63, 3.8) is 0 Å². The van der Waals surface area contributed by atoms with Gasteiger partial charge in [0.15, 0.2) is 0 Å². The fraction of sp³-hybridized carbons (Fsp3) is 1.00. The highest BCUT2D eigenvalue weighted by molar-refractivity contribution is 9.09. The summed E-state index contributed by atoms with van der Waals surface area (Å²) in [5.41, 5.74) is 0. The van der Waals surface area contributed by atoms with E-state index in [0.717, 1.165) is 23.8 Å². The number of hydrogen-bond donors (Lipinski definition) is 0. The summed E-state index contributed by atoms with van der Waals surface area (Å²) in [6.45, 7) is 5.71. The molecule has 0 spiro atoms. The van der Waals surface area contributed by atoms with Crippen LogP contribution in [0.15, 0.2) is 0 Å². The number of halogens is 1. The zero-order valence-corrected chi connectivity index (χ0v) is 11.8. The molecule has 3 unspecified atom stereocenters. The third-order valence-electron chi connectivity index (χ3n) is 3.68. The monoisotopic (exact) mass is 276 g/mol. The summed E-state index contributed by atoms with van der Waals surface area (Å²) in [4.78, 5) is 0. The summed E-state index contributed by atoms with van der Waals surface area (Å²) in [5.74, 6) is 1.75. The minimum absolute atomic E-state index is 0.556. The van der Waals surface area contributed by atoms with Gasteiger partial charge in [0, 0.05) is 11.9 Å². The van der Waals surface area contributed by atoms with E-state index in [0.29, 0.717) is 6.10 Å². The first-order valence-corrected chi connectivity index (χ1v) is 7.53. The van der Waals surface area contributed by atoms with E-state index in [2.05, 4.69) is 29.8 Å². The maximum absolute atomic E-state index is 5.93. The van der Waals surface area contributed by atoms with Crippen LogP contribution in [0.4, 0.5) is 0 Å². The van der Waals surface area contributed by atoms with Crippen molar-refractivity contribution in [3.05, 3.63) is 0 Å². The Labute approximate surface area is 103 Å². The lowest BCUT2D eigenvalue weighted by atomic mass is 9.80. The Bertz CT molecular complexity index is 161. The minimum Gasteiger partial charge on any atom is -0.378 e. The van der Waals surface area contributed by atoms with Crippen LogP contribution in [0, 0.1) is 11.8 Å². The molecule has 90 valence electrons. The molecule has 0 amide bonds. The number of hydrogen-bond acceptors (Lipinski definition) is 1. The van der Waals surface area contributed by atoms with Crippen LogP contribution in [0.2, 0.25) is 0 Å². The van der Waals surface area contributed by atoms with Gasteiger partial charge in [0.05, 0.1) is 6.10 Å². The van der Waals surface area contributed by atoms with E-state index in [1.165, 1.54) is 38.5 Å². The SMILES string of the molecule is CC1CCC(OCCCCCBr)CC1C. The van der Waals surface area contributed by atoms with Gasteiger partial charge in [-0.15, -0.1) is 0 Å². The summed E-state index contributed by atoms with van der Waals surface area (Å²) in [5, 5.41) is 1.13. The predicted molar refractivity (Wildman–Crippen MR) is 69.6 cm³/mol. The Kier molecular flexibility index (Phi) is 6.91. The molecule has 0 aromatic rings. The van der Waals surface area contributed by atoms with Crippen LogP contribution < -0.4 is 0 Å². The Morgan fingerprint density at radius 1 is 1.07 bits per heavy atom. The molecule has 0 aromatic heterocycles. The van der Waals surface area contributed by atoms with Crippen molar-refractivity contribution >= 4 is 15.9 Å². The fourth-order valence-electron chi connectivity index (χ4n) is 2.27. The molecule has 1 aliphatic carbocycles. The maximum Gasteiger partial charge on any atom is 0.0577 e. The highest BCUT2D eigenvalue weighted by atomic mass is 79.9. The molecule has 1 fully saturated rings. The lowest BCUT2D eigenvalue weighted by Crippen LogP contribution is -2.26. The fourth-order valence-corrected chi connectivity index (χ4v) is 2.67. The van der Waals surface area contributed by atoms with Crippen LogP contribution in [0.1, 0.15) is 52.4 Å². The Balaban J connectivity index is 2.02. The molecular weight excluding hydrogens is 252 g/mol. The van der Waals surface area contributed by atoms with Crippen LogP contribution in [-0.4, -0.2) is 18.0 Å². The smallest absolute Gasteiger partial charge is 0.0577 e. The van der Waals surface area contributed by atoms with E-state index in [1.807, 2.05) is 0 Å². The first-order valence-electron chi connectivity index (χ1n) is 6.41. The van der Waals surface area contributed by atoms with Crippen LogP contribution in [-0.2, 0) is 4.74 Å². The van der Waals surface area contributed by atoms with Gasteiger partial charge < -0.3 is 4.74 Å². The number of rotatable bonds is 6. The second-order valence-electron chi connectivity index (χ2n) is 5.01. The van der Waals surface area contributed by atoms with Crippen molar-refractivity contribution in [1.29, 1.82) is 0 Å². The Hall–Kier alpha value is 0.440. The van der Waals surface area contributed by atoms with Crippen LogP contribution >= 0.6 is 15.9 Å². The summed E-state index contributed by atoms with van der Waals surface area (Å²) >= 11 is 3.45. The van der Waals surface area contributed by atoms with Crippen molar-refractivity contribution in [2.45, 2.75) is 58.5 Å². The molecule has 0 saturated heterocycles. The van der Waals surface area contributed by atoms with E-state index in [-0.39, 0.29) is 0 Å². The van der Waals surface area contributed by atoms with Crippen molar-refractivity contribution in [2.75, 3.05) is 11.9 Å². The third-order valence-corrected chi connectivity index (χ3v) is 4.24. The molecule has 1 rings (SSSR count). The molecule has 0 bridgehead atoms. The van der Waals surface area contributed by atoms with Gasteiger partial charge in [-0.2, -0.15) is 0 Å². The van der Waals surface area contributed by atoms with Gasteiger partial charge >= 0.3 is 0 Å². The van der Waals surface area contributed by atoms with Crippen molar-refractivity contribution in [3.8, 4) is 0 Å². The maximum atomic E-state index is 5.93. The van der Waals surface area contributed by atoms with Gasteiger partial charge in [0.2, 0.25) is 0 Å². The standard InChI is InChI=1S/C13H25BrO/c1-11-6-7-13(10-12(11)2)15-9-5-3-4-8-14/h11-13H,3-10H2,1-2H3.